The number of methoxy groups -OCH3 is 1. The standard InChI is InChI=1S/C14H21Cl2NO/c1-14(2,6-7-17)5-4-10-8-12(16)13(18-3)9-11(10)15/h8-9H,4-7,17H2,1-3H3. The third-order valence-corrected chi connectivity index (χ3v) is 3.86. The van der Waals surface area contributed by atoms with Crippen LogP contribution in [0, 0.1) is 5.41 Å². The van der Waals surface area contributed by atoms with Crippen LogP contribution in [-0.2, 0) is 6.42 Å². The summed E-state index contributed by atoms with van der Waals surface area (Å²) >= 11 is 12.3. The van der Waals surface area contributed by atoms with Crippen molar-refractivity contribution in [1.82, 2.24) is 0 Å². The Morgan fingerprint density at radius 1 is 1.17 bits per heavy atom. The van der Waals surface area contributed by atoms with E-state index in [1.165, 1.54) is 0 Å². The molecule has 0 amide bonds. The minimum absolute atomic E-state index is 0.227. The third kappa shape index (κ3) is 4.34. The summed E-state index contributed by atoms with van der Waals surface area (Å²) in [5, 5.41) is 1.31. The van der Waals surface area contributed by atoms with E-state index in [0.29, 0.717) is 22.3 Å². The second-order valence-corrected chi connectivity index (χ2v) is 6.10. The Morgan fingerprint density at radius 2 is 1.83 bits per heavy atom. The lowest BCUT2D eigenvalue weighted by Gasteiger charge is -2.24. The van der Waals surface area contributed by atoms with E-state index in [0.717, 1.165) is 24.8 Å². The molecule has 0 atom stereocenters. The van der Waals surface area contributed by atoms with Gasteiger partial charge in [0.05, 0.1) is 12.1 Å². The molecule has 0 aliphatic rings. The van der Waals surface area contributed by atoms with Crippen LogP contribution in [0.5, 0.6) is 5.75 Å². The number of halogens is 2. The maximum atomic E-state index is 6.22. The topological polar surface area (TPSA) is 35.2 Å². The van der Waals surface area contributed by atoms with Gasteiger partial charge in [0.1, 0.15) is 5.75 Å². The molecule has 0 bridgehead atoms. The van der Waals surface area contributed by atoms with Crippen LogP contribution in [0.1, 0.15) is 32.3 Å². The van der Waals surface area contributed by atoms with Gasteiger partial charge < -0.3 is 10.5 Å². The molecule has 18 heavy (non-hydrogen) atoms. The zero-order chi connectivity index (χ0) is 13.8. The summed E-state index contributed by atoms with van der Waals surface area (Å²) in [6.45, 7) is 5.15. The van der Waals surface area contributed by atoms with Gasteiger partial charge in [0.15, 0.2) is 0 Å². The van der Waals surface area contributed by atoms with Crippen molar-refractivity contribution in [3.05, 3.63) is 27.7 Å². The number of aryl methyl sites for hydroxylation is 1. The van der Waals surface area contributed by atoms with Crippen LogP contribution in [0.2, 0.25) is 10.0 Å². The zero-order valence-corrected chi connectivity index (χ0v) is 12.7. The fraction of sp³-hybridized carbons (Fsp3) is 0.571. The monoisotopic (exact) mass is 289 g/mol. The van der Waals surface area contributed by atoms with Crippen molar-refractivity contribution in [2.75, 3.05) is 13.7 Å². The second-order valence-electron chi connectivity index (χ2n) is 5.28. The lowest BCUT2D eigenvalue weighted by molar-refractivity contribution is 0.313. The largest absolute Gasteiger partial charge is 0.495 e. The third-order valence-electron chi connectivity index (χ3n) is 3.21. The van der Waals surface area contributed by atoms with Gasteiger partial charge >= 0.3 is 0 Å². The van der Waals surface area contributed by atoms with Gasteiger partial charge in [-0.1, -0.05) is 37.0 Å². The number of nitrogens with two attached hydrogens (primary N) is 1. The summed E-state index contributed by atoms with van der Waals surface area (Å²) in [6, 6.07) is 3.66. The average molecular weight is 290 g/mol. The number of rotatable bonds is 6. The zero-order valence-electron chi connectivity index (χ0n) is 11.2. The van der Waals surface area contributed by atoms with Crippen molar-refractivity contribution in [1.29, 1.82) is 0 Å². The summed E-state index contributed by atoms with van der Waals surface area (Å²) in [5.74, 6) is 0.617. The van der Waals surface area contributed by atoms with Crippen LogP contribution >= 0.6 is 23.2 Å². The van der Waals surface area contributed by atoms with Crippen LogP contribution in [-0.4, -0.2) is 13.7 Å². The Bertz CT molecular complexity index is 405. The summed E-state index contributed by atoms with van der Waals surface area (Å²) in [5.41, 5.74) is 6.90. The number of hydrogen-bond acceptors (Lipinski definition) is 2. The molecule has 4 heteroatoms. The lowest BCUT2D eigenvalue weighted by atomic mass is 9.83. The first-order valence-electron chi connectivity index (χ1n) is 6.11. The molecule has 0 aliphatic carbocycles. The van der Waals surface area contributed by atoms with Gasteiger partial charge in [-0.15, -0.1) is 0 Å². The Balaban J connectivity index is 2.77. The van der Waals surface area contributed by atoms with E-state index in [9.17, 15) is 0 Å². The number of hydrogen-bond donors (Lipinski definition) is 1. The Kier molecular flexibility index (Phi) is 5.77. The molecule has 0 aliphatic heterocycles. The van der Waals surface area contributed by atoms with Crippen LogP contribution in [0.25, 0.3) is 0 Å². The van der Waals surface area contributed by atoms with Crippen molar-refractivity contribution >= 4 is 23.2 Å². The smallest absolute Gasteiger partial charge is 0.138 e. The van der Waals surface area contributed by atoms with Crippen molar-refractivity contribution in [3.8, 4) is 5.75 Å². The van der Waals surface area contributed by atoms with E-state index in [4.69, 9.17) is 33.7 Å². The Morgan fingerprint density at radius 3 is 2.39 bits per heavy atom. The normalized spacial score (nSPS) is 11.7. The predicted octanol–water partition coefficient (Wildman–Crippen LogP) is 4.31. The average Bonchev–Trinajstić information content (AvgIpc) is 2.29. The van der Waals surface area contributed by atoms with Crippen molar-refractivity contribution < 1.29 is 4.74 Å². The van der Waals surface area contributed by atoms with Gasteiger partial charge in [0, 0.05) is 11.1 Å². The molecule has 1 aromatic carbocycles. The highest BCUT2D eigenvalue weighted by molar-refractivity contribution is 6.34. The second kappa shape index (κ2) is 6.65. The summed E-state index contributed by atoms with van der Waals surface area (Å²) < 4.78 is 5.13. The van der Waals surface area contributed by atoms with Crippen LogP contribution in [0.3, 0.4) is 0 Å². The Hall–Kier alpha value is -0.440. The van der Waals surface area contributed by atoms with Crippen LogP contribution in [0.4, 0.5) is 0 Å². The molecule has 0 saturated carbocycles. The minimum Gasteiger partial charge on any atom is -0.495 e. The molecule has 2 N–H and O–H groups in total. The van der Waals surface area contributed by atoms with Crippen LogP contribution in [0.15, 0.2) is 12.1 Å². The molecule has 0 fully saturated rings. The van der Waals surface area contributed by atoms with Gasteiger partial charge in [-0.05, 0) is 42.9 Å². The van der Waals surface area contributed by atoms with E-state index in [-0.39, 0.29) is 5.41 Å². The number of ether oxygens (including phenoxy) is 1. The molecule has 0 heterocycles. The van der Waals surface area contributed by atoms with Crippen LogP contribution < -0.4 is 10.5 Å². The summed E-state index contributed by atoms with van der Waals surface area (Å²) in [6.07, 6.45) is 2.94. The highest BCUT2D eigenvalue weighted by atomic mass is 35.5. The van der Waals surface area contributed by atoms with E-state index in [1.807, 2.05) is 6.07 Å². The minimum atomic E-state index is 0.227. The molecule has 0 unspecified atom stereocenters. The molecule has 0 radical (unpaired) electrons. The first kappa shape index (κ1) is 15.6. The van der Waals surface area contributed by atoms with Crippen molar-refractivity contribution in [2.45, 2.75) is 33.1 Å². The first-order valence-corrected chi connectivity index (χ1v) is 6.87. The highest BCUT2D eigenvalue weighted by Gasteiger charge is 2.18. The van der Waals surface area contributed by atoms with Crippen molar-refractivity contribution in [2.24, 2.45) is 11.1 Å². The van der Waals surface area contributed by atoms with Gasteiger partial charge in [0.25, 0.3) is 0 Å². The summed E-state index contributed by atoms with van der Waals surface area (Å²) in [4.78, 5) is 0. The van der Waals surface area contributed by atoms with Gasteiger partial charge in [-0.2, -0.15) is 0 Å². The van der Waals surface area contributed by atoms with E-state index < -0.39 is 0 Å². The molecular weight excluding hydrogens is 269 g/mol. The van der Waals surface area contributed by atoms with E-state index >= 15 is 0 Å². The van der Waals surface area contributed by atoms with E-state index in [1.54, 1.807) is 13.2 Å². The Labute approximate surface area is 119 Å². The maximum Gasteiger partial charge on any atom is 0.138 e. The molecule has 1 aromatic rings. The maximum absolute atomic E-state index is 6.22. The number of benzene rings is 1. The van der Waals surface area contributed by atoms with Gasteiger partial charge in [-0.25, -0.2) is 0 Å². The molecule has 0 aromatic heterocycles. The van der Waals surface area contributed by atoms with E-state index in [2.05, 4.69) is 13.8 Å². The lowest BCUT2D eigenvalue weighted by Crippen LogP contribution is -2.17. The highest BCUT2D eigenvalue weighted by Crippen LogP contribution is 2.34. The van der Waals surface area contributed by atoms with Gasteiger partial charge in [-0.3, -0.25) is 0 Å². The SMILES string of the molecule is COc1cc(Cl)c(CCC(C)(C)CCN)cc1Cl. The molecule has 1 rings (SSSR count). The van der Waals surface area contributed by atoms with Crippen molar-refractivity contribution in [3.63, 3.8) is 0 Å². The quantitative estimate of drug-likeness (QED) is 0.847. The molecule has 102 valence electrons. The molecule has 2 nitrogen and oxygen atoms in total. The molecular formula is C14H21Cl2NO. The fourth-order valence-electron chi connectivity index (χ4n) is 1.91. The molecule has 0 spiro atoms. The summed E-state index contributed by atoms with van der Waals surface area (Å²) in [7, 11) is 1.58. The first-order chi connectivity index (χ1) is 8.39. The molecule has 0 saturated heterocycles. The predicted molar refractivity (Wildman–Crippen MR) is 78.8 cm³/mol. The fourth-order valence-corrected chi connectivity index (χ4v) is 2.42. The van der Waals surface area contributed by atoms with Gasteiger partial charge in [0.2, 0.25) is 0 Å².